The summed E-state index contributed by atoms with van der Waals surface area (Å²) in [6.45, 7) is 7.84. The molecule has 0 amide bonds. The van der Waals surface area contributed by atoms with Crippen LogP contribution in [0, 0.1) is 0 Å². The number of piperidine rings is 1. The van der Waals surface area contributed by atoms with Gasteiger partial charge in [-0.2, -0.15) is 0 Å². The van der Waals surface area contributed by atoms with E-state index in [9.17, 15) is 4.79 Å². The number of nitrogens with zero attached hydrogens (tertiary/aromatic N) is 1. The molecule has 7 nitrogen and oxygen atoms in total. The predicted molar refractivity (Wildman–Crippen MR) is 163 cm³/mol. The van der Waals surface area contributed by atoms with Crippen LogP contribution in [0.15, 0.2) is 97.1 Å². The molecular weight excluding hydrogens is 530 g/mol. The summed E-state index contributed by atoms with van der Waals surface area (Å²) < 4.78 is 23.5. The van der Waals surface area contributed by atoms with Gasteiger partial charge in [-0.15, -0.1) is 5.06 Å². The summed E-state index contributed by atoms with van der Waals surface area (Å²) in [7, 11) is 0. The number of carbonyl (C=O) groups excluding carboxylic acids is 1. The monoisotopic (exact) mass is 569 g/mol. The van der Waals surface area contributed by atoms with E-state index in [1.54, 1.807) is 5.06 Å². The summed E-state index contributed by atoms with van der Waals surface area (Å²) in [6, 6.07) is 32.5. The molecule has 220 valence electrons. The lowest BCUT2D eigenvalue weighted by atomic mass is 9.87. The maximum Gasteiger partial charge on any atom is 0.528 e. The van der Waals surface area contributed by atoms with Crippen LogP contribution in [0.3, 0.4) is 0 Å². The zero-order valence-electron chi connectivity index (χ0n) is 24.5. The van der Waals surface area contributed by atoms with Gasteiger partial charge in [0.25, 0.3) is 0 Å². The Kier molecular flexibility index (Phi) is 9.62. The van der Waals surface area contributed by atoms with Crippen molar-refractivity contribution in [1.29, 1.82) is 0 Å². The summed E-state index contributed by atoms with van der Waals surface area (Å²) in [5, 5.41) is 4.03. The van der Waals surface area contributed by atoms with Crippen LogP contribution < -0.4 is 9.47 Å². The number of fused-ring (bicyclic) bond motifs is 1. The highest BCUT2D eigenvalue weighted by molar-refractivity contribution is 5.82. The molecule has 1 aliphatic rings. The van der Waals surface area contributed by atoms with Crippen molar-refractivity contribution in [2.45, 2.75) is 51.4 Å². The fourth-order valence-corrected chi connectivity index (χ4v) is 5.07. The Hall–Kier alpha value is -4.07. The zero-order valence-corrected chi connectivity index (χ0v) is 24.5. The normalized spacial score (nSPS) is 17.5. The average molecular weight is 570 g/mol. The Morgan fingerprint density at radius 2 is 1.48 bits per heavy atom. The van der Waals surface area contributed by atoms with Gasteiger partial charge in [-0.3, -0.25) is 0 Å². The van der Waals surface area contributed by atoms with Crippen molar-refractivity contribution < 1.29 is 28.6 Å². The third-order valence-corrected chi connectivity index (χ3v) is 7.07. The summed E-state index contributed by atoms with van der Waals surface area (Å²) in [5.41, 5.74) is 1.63. The summed E-state index contributed by atoms with van der Waals surface area (Å²) in [4.78, 5) is 17.9. The van der Waals surface area contributed by atoms with Gasteiger partial charge >= 0.3 is 6.16 Å². The van der Waals surface area contributed by atoms with E-state index >= 15 is 0 Å². The minimum Gasteiger partial charge on any atom is -0.490 e. The van der Waals surface area contributed by atoms with E-state index in [1.807, 2.05) is 75.4 Å². The van der Waals surface area contributed by atoms with Gasteiger partial charge in [-0.1, -0.05) is 66.7 Å². The van der Waals surface area contributed by atoms with Crippen molar-refractivity contribution in [2.75, 3.05) is 26.3 Å². The number of carbonyl (C=O) groups is 1. The molecule has 1 aliphatic heterocycles. The van der Waals surface area contributed by atoms with Crippen molar-refractivity contribution in [1.82, 2.24) is 5.06 Å². The molecule has 0 aliphatic carbocycles. The molecule has 0 N–H and O–H groups in total. The molecule has 0 bridgehead atoms. The summed E-state index contributed by atoms with van der Waals surface area (Å²) in [5.74, 6) is 1.74. The number of rotatable bonds is 10. The molecule has 4 aromatic rings. The van der Waals surface area contributed by atoms with Crippen molar-refractivity contribution in [3.8, 4) is 11.5 Å². The Morgan fingerprint density at radius 3 is 2.19 bits per heavy atom. The SMILES string of the molecule is CC(C)(C)OC(=O)ON1CCC(c2ccc(OCCOc3ccccc3)cc2)C(OCc2ccc3ccccc3c2)C1. The molecule has 1 fully saturated rings. The van der Waals surface area contributed by atoms with E-state index in [0.29, 0.717) is 32.9 Å². The number of para-hydroxylation sites is 1. The highest BCUT2D eigenvalue weighted by Crippen LogP contribution is 2.33. The minimum atomic E-state index is -0.702. The highest BCUT2D eigenvalue weighted by Gasteiger charge is 2.34. The van der Waals surface area contributed by atoms with Gasteiger partial charge in [0.05, 0.1) is 19.3 Å². The third-order valence-electron chi connectivity index (χ3n) is 7.07. The molecule has 0 spiro atoms. The number of benzene rings is 4. The van der Waals surface area contributed by atoms with Gasteiger partial charge in [0, 0.05) is 12.5 Å². The lowest BCUT2D eigenvalue weighted by Gasteiger charge is -2.37. The zero-order chi connectivity index (χ0) is 29.4. The molecule has 2 unspecified atom stereocenters. The fourth-order valence-electron chi connectivity index (χ4n) is 5.07. The van der Waals surface area contributed by atoms with Crippen LogP contribution in [-0.4, -0.2) is 49.2 Å². The minimum absolute atomic E-state index is 0.124. The van der Waals surface area contributed by atoms with Gasteiger partial charge in [0.15, 0.2) is 0 Å². The van der Waals surface area contributed by atoms with Gasteiger partial charge in [0.1, 0.15) is 30.3 Å². The molecule has 1 heterocycles. The van der Waals surface area contributed by atoms with Crippen molar-refractivity contribution in [3.63, 3.8) is 0 Å². The van der Waals surface area contributed by atoms with Gasteiger partial charge < -0.3 is 23.8 Å². The standard InChI is InChI=1S/C35H39NO6/c1-35(2,3)41-34(37)42-36-20-19-32(33(24-36)40-25-26-13-14-27-9-7-8-10-29(27)23-26)28-15-17-31(18-16-28)39-22-21-38-30-11-5-4-6-12-30/h4-18,23,32-33H,19-22,24-25H2,1-3H3. The average Bonchev–Trinajstić information content (AvgIpc) is 2.98. The molecule has 0 saturated carbocycles. The van der Waals surface area contributed by atoms with Crippen LogP contribution >= 0.6 is 0 Å². The Labute approximate surface area is 247 Å². The number of hydrogen-bond acceptors (Lipinski definition) is 7. The summed E-state index contributed by atoms with van der Waals surface area (Å²) in [6.07, 6.45) is -0.137. The maximum atomic E-state index is 12.4. The first-order valence-electron chi connectivity index (χ1n) is 14.5. The van der Waals surface area contributed by atoms with Gasteiger partial charge in [0.2, 0.25) is 0 Å². The van der Waals surface area contributed by atoms with E-state index in [1.165, 1.54) is 10.8 Å². The summed E-state index contributed by atoms with van der Waals surface area (Å²) >= 11 is 0. The first-order chi connectivity index (χ1) is 20.3. The molecule has 2 atom stereocenters. The van der Waals surface area contributed by atoms with Gasteiger partial charge in [-0.05, 0) is 79.4 Å². The van der Waals surface area contributed by atoms with Crippen LogP contribution in [-0.2, 0) is 20.9 Å². The molecule has 4 aromatic carbocycles. The molecule has 1 saturated heterocycles. The van der Waals surface area contributed by atoms with Crippen molar-refractivity contribution in [3.05, 3.63) is 108 Å². The second-order valence-electron chi connectivity index (χ2n) is 11.4. The number of hydrogen-bond donors (Lipinski definition) is 0. The van der Waals surface area contributed by atoms with E-state index in [-0.39, 0.29) is 12.0 Å². The maximum absolute atomic E-state index is 12.4. The van der Waals surface area contributed by atoms with Crippen LogP contribution in [0.5, 0.6) is 11.5 Å². The molecule has 0 aromatic heterocycles. The Morgan fingerprint density at radius 1 is 0.810 bits per heavy atom. The molecule has 5 rings (SSSR count). The van der Waals surface area contributed by atoms with Crippen molar-refractivity contribution in [2.24, 2.45) is 0 Å². The highest BCUT2D eigenvalue weighted by atomic mass is 16.8. The third kappa shape index (κ3) is 8.47. The second-order valence-corrected chi connectivity index (χ2v) is 11.4. The smallest absolute Gasteiger partial charge is 0.490 e. The Balaban J connectivity index is 1.22. The topological polar surface area (TPSA) is 66.5 Å². The molecular formula is C35H39NO6. The van der Waals surface area contributed by atoms with Crippen LogP contribution in [0.4, 0.5) is 4.79 Å². The number of hydroxylamine groups is 2. The van der Waals surface area contributed by atoms with Crippen LogP contribution in [0.2, 0.25) is 0 Å². The fraction of sp³-hybridized carbons (Fsp3) is 0.343. The second kappa shape index (κ2) is 13.7. The lowest BCUT2D eigenvalue weighted by molar-refractivity contribution is -0.179. The molecule has 42 heavy (non-hydrogen) atoms. The number of ether oxygens (including phenoxy) is 4. The van der Waals surface area contributed by atoms with Gasteiger partial charge in [-0.25, -0.2) is 4.79 Å². The largest absolute Gasteiger partial charge is 0.528 e. The van der Waals surface area contributed by atoms with E-state index in [0.717, 1.165) is 29.0 Å². The quantitative estimate of drug-likeness (QED) is 0.144. The van der Waals surface area contributed by atoms with Crippen LogP contribution in [0.25, 0.3) is 10.8 Å². The first-order valence-corrected chi connectivity index (χ1v) is 14.5. The Bertz CT molecular complexity index is 1430. The lowest BCUT2D eigenvalue weighted by Crippen LogP contribution is -2.45. The first kappa shape index (κ1) is 29.4. The molecule has 0 radical (unpaired) electrons. The molecule has 7 heteroatoms. The van der Waals surface area contributed by atoms with Crippen LogP contribution in [0.1, 0.15) is 44.2 Å². The predicted octanol–water partition coefficient (Wildman–Crippen LogP) is 7.54. The van der Waals surface area contributed by atoms with E-state index < -0.39 is 11.8 Å². The van der Waals surface area contributed by atoms with E-state index in [4.69, 9.17) is 23.8 Å². The van der Waals surface area contributed by atoms with E-state index in [2.05, 4.69) is 42.5 Å². The van der Waals surface area contributed by atoms with Crippen molar-refractivity contribution >= 4 is 16.9 Å².